The molecule has 0 radical (unpaired) electrons. The molecule has 20 heavy (non-hydrogen) atoms. The van der Waals surface area contributed by atoms with E-state index in [1.807, 2.05) is 18.2 Å². The Morgan fingerprint density at radius 3 is 2.85 bits per heavy atom. The van der Waals surface area contributed by atoms with Gasteiger partial charge in [0.1, 0.15) is 5.76 Å². The van der Waals surface area contributed by atoms with Gasteiger partial charge in [0.2, 0.25) is 0 Å². The van der Waals surface area contributed by atoms with Gasteiger partial charge in [-0.15, -0.1) is 0 Å². The topological polar surface area (TPSA) is 43.6 Å². The number of methoxy groups -OCH3 is 2. The molecule has 0 spiro atoms. The number of hydrogen-bond acceptors (Lipinski definition) is 4. The molecule has 1 unspecified atom stereocenters. The molecular weight excluding hydrogens is 254 g/mol. The van der Waals surface area contributed by atoms with E-state index in [9.17, 15) is 0 Å². The highest BCUT2D eigenvalue weighted by molar-refractivity contribution is 5.83. The smallest absolute Gasteiger partial charge is 0.176 e. The highest BCUT2D eigenvalue weighted by Gasteiger charge is 2.11. The normalized spacial score (nSPS) is 12.8. The molecule has 2 aromatic rings. The molecule has 1 aromatic carbocycles. The first-order chi connectivity index (χ1) is 9.78. The van der Waals surface area contributed by atoms with Crippen LogP contribution in [0.25, 0.3) is 11.0 Å². The SMILES string of the molecule is CCCC(COC)NCc1cc2cccc(OC)c2o1. The van der Waals surface area contributed by atoms with Gasteiger partial charge in [0.25, 0.3) is 0 Å². The Balaban J connectivity index is 2.06. The summed E-state index contributed by atoms with van der Waals surface area (Å²) in [6, 6.07) is 8.33. The lowest BCUT2D eigenvalue weighted by Crippen LogP contribution is -2.32. The molecule has 0 fully saturated rings. The van der Waals surface area contributed by atoms with Crippen molar-refractivity contribution in [3.63, 3.8) is 0 Å². The Bertz CT molecular complexity index is 530. The minimum absolute atomic E-state index is 0.361. The molecule has 1 aromatic heterocycles. The molecule has 2 rings (SSSR count). The summed E-state index contributed by atoms with van der Waals surface area (Å²) in [4.78, 5) is 0. The van der Waals surface area contributed by atoms with E-state index in [2.05, 4.69) is 18.3 Å². The van der Waals surface area contributed by atoms with Gasteiger partial charge in [-0.05, 0) is 18.6 Å². The third-order valence-corrected chi connectivity index (χ3v) is 3.35. The van der Waals surface area contributed by atoms with E-state index in [4.69, 9.17) is 13.9 Å². The van der Waals surface area contributed by atoms with E-state index in [1.165, 1.54) is 0 Å². The van der Waals surface area contributed by atoms with Crippen molar-refractivity contribution in [3.05, 3.63) is 30.0 Å². The maximum atomic E-state index is 5.87. The average molecular weight is 277 g/mol. The Morgan fingerprint density at radius 2 is 2.15 bits per heavy atom. The number of fused-ring (bicyclic) bond motifs is 1. The largest absolute Gasteiger partial charge is 0.493 e. The zero-order valence-electron chi connectivity index (χ0n) is 12.4. The molecule has 0 amide bonds. The minimum Gasteiger partial charge on any atom is -0.493 e. The number of rotatable bonds is 8. The van der Waals surface area contributed by atoms with Crippen LogP contribution in [0.4, 0.5) is 0 Å². The summed E-state index contributed by atoms with van der Waals surface area (Å²) in [5, 5.41) is 4.55. The fraction of sp³-hybridized carbons (Fsp3) is 0.500. The van der Waals surface area contributed by atoms with Crippen molar-refractivity contribution < 1.29 is 13.9 Å². The summed E-state index contributed by atoms with van der Waals surface area (Å²) in [6.45, 7) is 3.60. The lowest BCUT2D eigenvalue weighted by atomic mass is 10.2. The Morgan fingerprint density at radius 1 is 1.30 bits per heavy atom. The first-order valence-electron chi connectivity index (χ1n) is 7.06. The standard InChI is InChI=1S/C16H23NO3/c1-4-6-13(11-18-2)17-10-14-9-12-7-5-8-15(19-3)16(12)20-14/h5,7-9,13,17H,4,6,10-11H2,1-3H3. The second kappa shape index (κ2) is 7.31. The molecule has 0 bridgehead atoms. The summed E-state index contributed by atoms with van der Waals surface area (Å²) >= 11 is 0. The summed E-state index contributed by atoms with van der Waals surface area (Å²) < 4.78 is 16.4. The maximum Gasteiger partial charge on any atom is 0.176 e. The number of nitrogens with one attached hydrogen (secondary N) is 1. The van der Waals surface area contributed by atoms with Crippen molar-refractivity contribution in [2.45, 2.75) is 32.4 Å². The monoisotopic (exact) mass is 277 g/mol. The van der Waals surface area contributed by atoms with Gasteiger partial charge >= 0.3 is 0 Å². The van der Waals surface area contributed by atoms with E-state index in [0.29, 0.717) is 12.6 Å². The molecule has 110 valence electrons. The zero-order valence-corrected chi connectivity index (χ0v) is 12.4. The predicted octanol–water partition coefficient (Wildman–Crippen LogP) is 3.35. The van der Waals surface area contributed by atoms with Crippen molar-refractivity contribution in [2.75, 3.05) is 20.8 Å². The second-order valence-electron chi connectivity index (χ2n) is 4.91. The molecule has 0 saturated heterocycles. The number of furan rings is 1. The van der Waals surface area contributed by atoms with Gasteiger partial charge in [-0.1, -0.05) is 25.5 Å². The van der Waals surface area contributed by atoms with Gasteiger partial charge < -0.3 is 19.2 Å². The number of para-hydroxylation sites is 1. The fourth-order valence-corrected chi connectivity index (χ4v) is 2.38. The van der Waals surface area contributed by atoms with Crippen LogP contribution in [0.1, 0.15) is 25.5 Å². The van der Waals surface area contributed by atoms with E-state index >= 15 is 0 Å². The molecule has 1 N–H and O–H groups in total. The van der Waals surface area contributed by atoms with Crippen LogP contribution in [-0.4, -0.2) is 26.9 Å². The number of benzene rings is 1. The lowest BCUT2D eigenvalue weighted by molar-refractivity contribution is 0.160. The highest BCUT2D eigenvalue weighted by Crippen LogP contribution is 2.28. The molecule has 0 saturated carbocycles. The van der Waals surface area contributed by atoms with E-state index in [-0.39, 0.29) is 0 Å². The van der Waals surface area contributed by atoms with Crippen LogP contribution in [0, 0.1) is 0 Å². The summed E-state index contributed by atoms with van der Waals surface area (Å²) in [5.74, 6) is 1.69. The van der Waals surface area contributed by atoms with Gasteiger partial charge in [0.05, 0.1) is 20.3 Å². The van der Waals surface area contributed by atoms with Gasteiger partial charge in [-0.2, -0.15) is 0 Å². The zero-order chi connectivity index (χ0) is 14.4. The number of hydrogen-bond donors (Lipinski definition) is 1. The second-order valence-corrected chi connectivity index (χ2v) is 4.91. The first-order valence-corrected chi connectivity index (χ1v) is 7.06. The van der Waals surface area contributed by atoms with Gasteiger partial charge in [-0.3, -0.25) is 0 Å². The van der Waals surface area contributed by atoms with Gasteiger partial charge in [0.15, 0.2) is 11.3 Å². The van der Waals surface area contributed by atoms with Crippen molar-refractivity contribution in [3.8, 4) is 5.75 Å². The van der Waals surface area contributed by atoms with Crippen LogP contribution in [0.15, 0.2) is 28.7 Å². The van der Waals surface area contributed by atoms with Crippen LogP contribution in [0.3, 0.4) is 0 Å². The van der Waals surface area contributed by atoms with E-state index in [0.717, 1.165) is 41.9 Å². The van der Waals surface area contributed by atoms with Crippen molar-refractivity contribution in [1.29, 1.82) is 0 Å². The molecule has 0 aliphatic heterocycles. The first kappa shape index (κ1) is 14.9. The Hall–Kier alpha value is -1.52. The molecule has 4 heteroatoms. The van der Waals surface area contributed by atoms with Crippen molar-refractivity contribution in [2.24, 2.45) is 0 Å². The molecule has 4 nitrogen and oxygen atoms in total. The van der Waals surface area contributed by atoms with Gasteiger partial charge in [-0.25, -0.2) is 0 Å². The Labute approximate surface area is 120 Å². The number of ether oxygens (including phenoxy) is 2. The van der Waals surface area contributed by atoms with Crippen LogP contribution < -0.4 is 10.1 Å². The third-order valence-electron chi connectivity index (χ3n) is 3.35. The molecule has 0 aliphatic rings. The predicted molar refractivity (Wildman–Crippen MR) is 80.2 cm³/mol. The average Bonchev–Trinajstić information content (AvgIpc) is 2.88. The third kappa shape index (κ3) is 3.52. The summed E-state index contributed by atoms with van der Waals surface area (Å²) in [5.41, 5.74) is 0.811. The van der Waals surface area contributed by atoms with E-state index < -0.39 is 0 Å². The van der Waals surface area contributed by atoms with Crippen molar-refractivity contribution >= 4 is 11.0 Å². The maximum absolute atomic E-state index is 5.87. The van der Waals surface area contributed by atoms with Crippen LogP contribution in [0.2, 0.25) is 0 Å². The molecule has 0 aliphatic carbocycles. The minimum atomic E-state index is 0.361. The molecule has 1 atom stereocenters. The quantitative estimate of drug-likeness (QED) is 0.803. The fourth-order valence-electron chi connectivity index (χ4n) is 2.38. The molecule has 1 heterocycles. The van der Waals surface area contributed by atoms with Crippen LogP contribution in [-0.2, 0) is 11.3 Å². The van der Waals surface area contributed by atoms with E-state index in [1.54, 1.807) is 14.2 Å². The van der Waals surface area contributed by atoms with Gasteiger partial charge in [0, 0.05) is 18.5 Å². The Kier molecular flexibility index (Phi) is 5.44. The van der Waals surface area contributed by atoms with Crippen LogP contribution >= 0.6 is 0 Å². The van der Waals surface area contributed by atoms with Crippen LogP contribution in [0.5, 0.6) is 5.75 Å². The van der Waals surface area contributed by atoms with Crippen molar-refractivity contribution in [1.82, 2.24) is 5.32 Å². The summed E-state index contributed by atoms with van der Waals surface area (Å²) in [7, 11) is 3.39. The highest BCUT2D eigenvalue weighted by atomic mass is 16.5. The summed E-state index contributed by atoms with van der Waals surface area (Å²) in [6.07, 6.45) is 2.23. The molecular formula is C16H23NO3. The lowest BCUT2D eigenvalue weighted by Gasteiger charge is -2.16.